The minimum Gasteiger partial charge on any atom is -0.543 e. The van der Waals surface area contributed by atoms with E-state index in [1.165, 1.54) is 5.57 Å². The lowest BCUT2D eigenvalue weighted by Gasteiger charge is -2.47. The largest absolute Gasteiger partial charge is 0.543 e. The van der Waals surface area contributed by atoms with Crippen LogP contribution in [0.2, 0.25) is 39.3 Å². The summed E-state index contributed by atoms with van der Waals surface area (Å²) in [5, 5.41) is 0. The number of hydrogen-bond donors (Lipinski definition) is 0. The normalized spacial score (nSPS) is 21.6. The van der Waals surface area contributed by atoms with Gasteiger partial charge >= 0.3 is 5.97 Å². The Morgan fingerprint density at radius 2 is 1.79 bits per heavy atom. The molecule has 1 aromatic carbocycles. The molecule has 2 aliphatic rings. The second-order valence-corrected chi connectivity index (χ2v) is 21.6. The van der Waals surface area contributed by atoms with E-state index in [9.17, 15) is 4.79 Å². The Kier molecular flexibility index (Phi) is 7.83. The van der Waals surface area contributed by atoms with Gasteiger partial charge in [0, 0.05) is 17.4 Å². The maximum atomic E-state index is 13.7. The van der Waals surface area contributed by atoms with Crippen molar-refractivity contribution < 1.29 is 18.4 Å². The van der Waals surface area contributed by atoms with Gasteiger partial charge in [0.1, 0.15) is 22.7 Å². The first kappa shape index (κ1) is 27.1. The van der Waals surface area contributed by atoms with Crippen LogP contribution in [0.4, 0.5) is 0 Å². The highest BCUT2D eigenvalue weighted by Gasteiger charge is 2.47. The number of fused-ring (bicyclic) bond motifs is 3. The van der Waals surface area contributed by atoms with Crippen molar-refractivity contribution in [2.24, 2.45) is 5.92 Å². The second-order valence-electron chi connectivity index (χ2n) is 12.7. The third-order valence-corrected chi connectivity index (χ3v) is 8.39. The number of unbranched alkanes of at least 4 members (excludes halogenated alkanes) is 2. The SMILES string of the molecule is CCCCCc1cc2c(c(O[Si](C)(C)C)c1C(=O)O[Si](C)(C)C)C1C=C(C)CCC1C(C)(C)O2. The molecule has 2 atom stereocenters. The molecule has 0 fully saturated rings. The molecule has 1 aliphatic carbocycles. The molecular weight excluding hydrogens is 456 g/mol. The van der Waals surface area contributed by atoms with Crippen molar-refractivity contribution in [2.75, 3.05) is 0 Å². The number of allylic oxidation sites excluding steroid dienone is 2. The minimum absolute atomic E-state index is 0.182. The summed E-state index contributed by atoms with van der Waals surface area (Å²) in [5.74, 6) is 1.94. The van der Waals surface area contributed by atoms with Gasteiger partial charge in [-0.3, -0.25) is 0 Å². The van der Waals surface area contributed by atoms with Crippen LogP contribution in [0.3, 0.4) is 0 Å². The fraction of sp³-hybridized carbons (Fsp3) is 0.679. The van der Waals surface area contributed by atoms with E-state index in [2.05, 4.69) is 79.1 Å². The molecule has 1 heterocycles. The smallest absolute Gasteiger partial charge is 0.328 e. The van der Waals surface area contributed by atoms with E-state index in [0.29, 0.717) is 11.5 Å². The molecular formula is C28H46O4Si2. The number of ether oxygens (including phenoxy) is 1. The Morgan fingerprint density at radius 3 is 2.38 bits per heavy atom. The molecule has 0 amide bonds. The Morgan fingerprint density at radius 1 is 1.12 bits per heavy atom. The monoisotopic (exact) mass is 502 g/mol. The Hall–Kier alpha value is -1.54. The lowest BCUT2D eigenvalue weighted by atomic mass is 9.67. The molecule has 2 unspecified atom stereocenters. The van der Waals surface area contributed by atoms with E-state index in [-0.39, 0.29) is 17.5 Å². The Balaban J connectivity index is 2.31. The minimum atomic E-state index is -2.09. The van der Waals surface area contributed by atoms with Crippen molar-refractivity contribution in [3.63, 3.8) is 0 Å². The number of benzene rings is 1. The maximum absolute atomic E-state index is 13.7. The molecule has 4 nitrogen and oxygen atoms in total. The number of hydrogen-bond acceptors (Lipinski definition) is 4. The first-order valence-electron chi connectivity index (χ1n) is 13.1. The second kappa shape index (κ2) is 9.84. The van der Waals surface area contributed by atoms with Gasteiger partial charge in [0.2, 0.25) is 16.6 Å². The highest BCUT2D eigenvalue weighted by molar-refractivity contribution is 6.71. The fourth-order valence-electron chi connectivity index (χ4n) is 5.32. The molecule has 1 aromatic rings. The van der Waals surface area contributed by atoms with E-state index in [1.807, 2.05) is 0 Å². The first-order chi connectivity index (χ1) is 15.6. The molecule has 0 spiro atoms. The molecule has 0 saturated carbocycles. The van der Waals surface area contributed by atoms with Crippen LogP contribution in [0.25, 0.3) is 0 Å². The molecule has 6 heteroatoms. The third kappa shape index (κ3) is 6.17. The zero-order valence-electron chi connectivity index (χ0n) is 23.2. The van der Waals surface area contributed by atoms with Crippen molar-refractivity contribution >= 4 is 22.6 Å². The lowest BCUT2D eigenvalue weighted by molar-refractivity contribution is 0.0109. The summed E-state index contributed by atoms with van der Waals surface area (Å²) < 4.78 is 19.6. The summed E-state index contributed by atoms with van der Waals surface area (Å²) in [6.07, 6.45) is 8.69. The number of carbonyl (C=O) groups is 1. The van der Waals surface area contributed by atoms with Crippen molar-refractivity contribution in [3.05, 3.63) is 34.4 Å². The third-order valence-electron chi connectivity index (χ3n) is 6.77. The number of aryl methyl sites for hydroxylation is 1. The summed E-state index contributed by atoms with van der Waals surface area (Å²) in [6.45, 7) is 21.6. The van der Waals surface area contributed by atoms with E-state index in [1.54, 1.807) is 0 Å². The molecule has 1 aliphatic heterocycles. The summed E-state index contributed by atoms with van der Waals surface area (Å²) in [5.41, 5.74) is 3.86. The molecule has 0 radical (unpaired) electrons. The van der Waals surface area contributed by atoms with E-state index in [0.717, 1.165) is 61.2 Å². The number of carbonyl (C=O) groups excluding carboxylic acids is 1. The van der Waals surface area contributed by atoms with Crippen LogP contribution in [-0.4, -0.2) is 28.2 Å². The van der Waals surface area contributed by atoms with Crippen LogP contribution in [-0.2, 0) is 10.8 Å². The zero-order valence-corrected chi connectivity index (χ0v) is 25.2. The average Bonchev–Trinajstić information content (AvgIpc) is 2.64. The van der Waals surface area contributed by atoms with E-state index in [4.69, 9.17) is 13.6 Å². The van der Waals surface area contributed by atoms with Gasteiger partial charge < -0.3 is 13.6 Å². The van der Waals surface area contributed by atoms with E-state index < -0.39 is 16.6 Å². The molecule has 34 heavy (non-hydrogen) atoms. The van der Waals surface area contributed by atoms with Gasteiger partial charge in [0.15, 0.2) is 0 Å². The van der Waals surface area contributed by atoms with Crippen LogP contribution in [0.5, 0.6) is 11.5 Å². The fourth-order valence-corrected chi connectivity index (χ4v) is 6.80. The topological polar surface area (TPSA) is 44.8 Å². The van der Waals surface area contributed by atoms with Gasteiger partial charge in [-0.05, 0) is 97.4 Å². The molecule has 0 N–H and O–H groups in total. The Bertz CT molecular complexity index is 951. The maximum Gasteiger partial charge on any atom is 0.328 e. The van der Waals surface area contributed by atoms with Gasteiger partial charge in [-0.1, -0.05) is 31.4 Å². The predicted octanol–water partition coefficient (Wildman–Crippen LogP) is 8.24. The van der Waals surface area contributed by atoms with Gasteiger partial charge in [0.05, 0.1) is 0 Å². The van der Waals surface area contributed by atoms with Crippen LogP contribution < -0.4 is 9.16 Å². The Labute approximate surface area is 209 Å². The van der Waals surface area contributed by atoms with E-state index >= 15 is 0 Å². The highest BCUT2D eigenvalue weighted by atomic mass is 28.4. The lowest BCUT2D eigenvalue weighted by Crippen LogP contribution is -2.46. The molecule has 0 saturated heterocycles. The van der Waals surface area contributed by atoms with Gasteiger partial charge in [0.25, 0.3) is 0 Å². The van der Waals surface area contributed by atoms with Crippen molar-refractivity contribution in [1.29, 1.82) is 0 Å². The van der Waals surface area contributed by atoms with Crippen molar-refractivity contribution in [1.82, 2.24) is 0 Å². The van der Waals surface area contributed by atoms with Gasteiger partial charge in [-0.15, -0.1) is 0 Å². The average molecular weight is 503 g/mol. The molecule has 3 rings (SSSR count). The van der Waals surface area contributed by atoms with Gasteiger partial charge in [-0.2, -0.15) is 0 Å². The van der Waals surface area contributed by atoms with Crippen LogP contribution >= 0.6 is 0 Å². The number of rotatable bonds is 8. The quantitative estimate of drug-likeness (QED) is 0.204. The van der Waals surface area contributed by atoms with Crippen molar-refractivity contribution in [3.8, 4) is 11.5 Å². The van der Waals surface area contributed by atoms with Gasteiger partial charge in [-0.25, -0.2) is 4.79 Å². The molecule has 0 bridgehead atoms. The zero-order chi connectivity index (χ0) is 25.5. The molecule has 0 aromatic heterocycles. The summed E-state index contributed by atoms with van der Waals surface area (Å²) in [7, 11) is -4.12. The summed E-state index contributed by atoms with van der Waals surface area (Å²) in [4.78, 5) is 13.7. The van der Waals surface area contributed by atoms with Crippen molar-refractivity contribution in [2.45, 2.75) is 117 Å². The summed E-state index contributed by atoms with van der Waals surface area (Å²) in [6, 6.07) is 2.14. The van der Waals surface area contributed by atoms with Crippen LogP contribution in [0.1, 0.15) is 87.2 Å². The standard InChI is InChI=1S/C28H46O4Si2/c1-11-12-13-14-20-18-23-25(21-17-19(2)15-16-22(21)28(3,4)30-23)26(31-33(5,6)7)24(20)27(29)32-34(8,9)10/h17-18,21-22H,11-16H2,1-10H3. The van der Waals surface area contributed by atoms with Crippen LogP contribution in [0, 0.1) is 5.92 Å². The van der Waals surface area contributed by atoms with Crippen LogP contribution in [0.15, 0.2) is 17.7 Å². The summed E-state index contributed by atoms with van der Waals surface area (Å²) >= 11 is 0. The predicted molar refractivity (Wildman–Crippen MR) is 146 cm³/mol. The first-order valence-corrected chi connectivity index (χ1v) is 19.9. The highest BCUT2D eigenvalue weighted by Crippen LogP contribution is 2.55. The molecule has 190 valence electrons.